The second-order valence-electron chi connectivity index (χ2n) is 5.62. The smallest absolute Gasteiger partial charge is 0.308 e. The molecule has 0 aliphatic carbocycles. The van der Waals surface area contributed by atoms with Crippen LogP contribution in [0.25, 0.3) is 0 Å². The van der Waals surface area contributed by atoms with Crippen LogP contribution in [0.15, 0.2) is 24.3 Å². The zero-order chi connectivity index (χ0) is 16.3. The van der Waals surface area contributed by atoms with E-state index in [4.69, 9.17) is 5.11 Å². The van der Waals surface area contributed by atoms with Crippen LogP contribution in [0.3, 0.4) is 0 Å². The molecule has 22 heavy (non-hydrogen) atoms. The van der Waals surface area contributed by atoms with Crippen molar-refractivity contribution >= 4 is 23.5 Å². The number of fused-ring (bicyclic) bond motifs is 1. The van der Waals surface area contributed by atoms with Gasteiger partial charge in [-0.25, -0.2) is 0 Å². The van der Waals surface area contributed by atoms with E-state index in [1.165, 1.54) is 9.80 Å². The van der Waals surface area contributed by atoms with Crippen LogP contribution in [0, 0.1) is 5.92 Å². The van der Waals surface area contributed by atoms with E-state index in [0.717, 1.165) is 11.3 Å². The van der Waals surface area contributed by atoms with Crippen molar-refractivity contribution in [1.29, 1.82) is 0 Å². The van der Waals surface area contributed by atoms with E-state index in [9.17, 15) is 14.4 Å². The van der Waals surface area contributed by atoms with Crippen LogP contribution in [0.2, 0.25) is 0 Å². The normalized spacial score (nSPS) is 15.2. The topological polar surface area (TPSA) is 77.9 Å². The summed E-state index contributed by atoms with van der Waals surface area (Å²) in [7, 11) is 1.56. The highest BCUT2D eigenvalue weighted by Gasteiger charge is 2.27. The van der Waals surface area contributed by atoms with Gasteiger partial charge in [0.1, 0.15) is 6.54 Å². The van der Waals surface area contributed by atoms with Gasteiger partial charge in [-0.1, -0.05) is 25.1 Å². The molecule has 118 valence electrons. The molecule has 0 radical (unpaired) electrons. The molecule has 0 spiro atoms. The van der Waals surface area contributed by atoms with E-state index in [1.54, 1.807) is 14.0 Å². The molecule has 1 heterocycles. The summed E-state index contributed by atoms with van der Waals surface area (Å²) in [6.07, 6.45) is 1.07. The molecule has 1 atom stereocenters. The number of para-hydroxylation sites is 1. The lowest BCUT2D eigenvalue weighted by Gasteiger charge is -2.30. The van der Waals surface area contributed by atoms with E-state index >= 15 is 0 Å². The van der Waals surface area contributed by atoms with Crippen LogP contribution in [0.5, 0.6) is 0 Å². The number of nitrogens with zero attached hydrogens (tertiary/aromatic N) is 2. The summed E-state index contributed by atoms with van der Waals surface area (Å²) in [4.78, 5) is 38.1. The molecule has 1 aromatic carbocycles. The first-order valence-electron chi connectivity index (χ1n) is 7.25. The number of hydrogen-bond donors (Lipinski definition) is 1. The summed E-state index contributed by atoms with van der Waals surface area (Å²) >= 11 is 0. The predicted octanol–water partition coefficient (Wildman–Crippen LogP) is 1.14. The number of aryl methyl sites for hydroxylation is 1. The third-order valence-electron chi connectivity index (χ3n) is 3.88. The average Bonchev–Trinajstić information content (AvgIpc) is 2.49. The van der Waals surface area contributed by atoms with Crippen LogP contribution >= 0.6 is 0 Å². The van der Waals surface area contributed by atoms with Gasteiger partial charge in [0.2, 0.25) is 11.8 Å². The third kappa shape index (κ3) is 3.44. The number of rotatable bonds is 5. The van der Waals surface area contributed by atoms with E-state index in [1.807, 2.05) is 24.3 Å². The Morgan fingerprint density at radius 1 is 1.32 bits per heavy atom. The highest BCUT2D eigenvalue weighted by molar-refractivity contribution is 6.01. The molecular formula is C16H20N2O4. The maximum absolute atomic E-state index is 12.3. The molecular weight excluding hydrogens is 284 g/mol. The second-order valence-corrected chi connectivity index (χ2v) is 5.62. The van der Waals surface area contributed by atoms with Gasteiger partial charge < -0.3 is 14.9 Å². The quantitative estimate of drug-likeness (QED) is 0.885. The standard InChI is InChI=1S/C16H20N2O4/c1-11(16(21)22)9-17(2)15(20)10-18-13-6-4-3-5-12(13)7-8-14(18)19/h3-6,11H,7-10H2,1-2H3,(H,21,22). The Kier molecular flexibility index (Phi) is 4.80. The number of likely N-dealkylation sites (N-methyl/N-ethyl adjacent to an activating group) is 1. The van der Waals surface area contributed by atoms with Gasteiger partial charge in [0.05, 0.1) is 5.92 Å². The zero-order valence-corrected chi connectivity index (χ0v) is 12.8. The number of benzene rings is 1. The van der Waals surface area contributed by atoms with Gasteiger partial charge in [0.25, 0.3) is 0 Å². The molecule has 1 N–H and O–H groups in total. The van der Waals surface area contributed by atoms with Crippen LogP contribution in [-0.2, 0) is 20.8 Å². The van der Waals surface area contributed by atoms with Gasteiger partial charge >= 0.3 is 5.97 Å². The van der Waals surface area contributed by atoms with Gasteiger partial charge in [-0.2, -0.15) is 0 Å². The van der Waals surface area contributed by atoms with Gasteiger partial charge in [-0.15, -0.1) is 0 Å². The highest BCUT2D eigenvalue weighted by Crippen LogP contribution is 2.27. The van der Waals surface area contributed by atoms with Crippen LogP contribution in [0.1, 0.15) is 18.9 Å². The van der Waals surface area contributed by atoms with Gasteiger partial charge in [-0.3, -0.25) is 14.4 Å². The molecule has 1 aliphatic heterocycles. The number of carboxylic acids is 1. The van der Waals surface area contributed by atoms with E-state index in [-0.39, 0.29) is 24.9 Å². The number of amides is 2. The molecule has 0 saturated heterocycles. The Bertz CT molecular complexity index is 600. The third-order valence-corrected chi connectivity index (χ3v) is 3.88. The molecule has 1 aliphatic rings. The molecule has 6 heteroatoms. The summed E-state index contributed by atoms with van der Waals surface area (Å²) in [6, 6.07) is 7.54. The number of hydrogen-bond acceptors (Lipinski definition) is 3. The first-order valence-corrected chi connectivity index (χ1v) is 7.25. The maximum atomic E-state index is 12.3. The highest BCUT2D eigenvalue weighted by atomic mass is 16.4. The summed E-state index contributed by atoms with van der Waals surface area (Å²) in [5, 5.41) is 8.90. The van der Waals surface area contributed by atoms with Crippen molar-refractivity contribution in [2.45, 2.75) is 19.8 Å². The van der Waals surface area contributed by atoms with E-state index < -0.39 is 11.9 Å². The summed E-state index contributed by atoms with van der Waals surface area (Å²) < 4.78 is 0. The summed E-state index contributed by atoms with van der Waals surface area (Å²) in [5.41, 5.74) is 1.82. The van der Waals surface area contributed by atoms with Crippen molar-refractivity contribution in [2.75, 3.05) is 25.0 Å². The molecule has 6 nitrogen and oxygen atoms in total. The van der Waals surface area contributed by atoms with Crippen molar-refractivity contribution in [3.05, 3.63) is 29.8 Å². The fraction of sp³-hybridized carbons (Fsp3) is 0.438. The largest absolute Gasteiger partial charge is 0.481 e. The summed E-state index contributed by atoms with van der Waals surface area (Å²) in [6.45, 7) is 1.62. The minimum Gasteiger partial charge on any atom is -0.481 e. The predicted molar refractivity (Wildman–Crippen MR) is 81.6 cm³/mol. The molecule has 1 aromatic rings. The van der Waals surface area contributed by atoms with Gasteiger partial charge in [0, 0.05) is 25.7 Å². The number of carboxylic acid groups (broad SMARTS) is 1. The Morgan fingerprint density at radius 3 is 2.68 bits per heavy atom. The summed E-state index contributed by atoms with van der Waals surface area (Å²) in [5.74, 6) is -1.93. The van der Waals surface area contributed by atoms with Crippen LogP contribution in [-0.4, -0.2) is 47.9 Å². The number of anilines is 1. The van der Waals surface area contributed by atoms with Gasteiger partial charge in [0.15, 0.2) is 0 Å². The van der Waals surface area contributed by atoms with Crippen molar-refractivity contribution in [3.63, 3.8) is 0 Å². The van der Waals surface area contributed by atoms with Crippen molar-refractivity contribution in [3.8, 4) is 0 Å². The lowest BCUT2D eigenvalue weighted by Crippen LogP contribution is -2.45. The number of aliphatic carboxylic acids is 1. The molecule has 1 unspecified atom stereocenters. The van der Waals surface area contributed by atoms with Crippen LogP contribution < -0.4 is 4.90 Å². The molecule has 0 saturated carbocycles. The Labute approximate surface area is 129 Å². The van der Waals surface area contributed by atoms with Crippen molar-refractivity contribution in [2.24, 2.45) is 5.92 Å². The lowest BCUT2D eigenvalue weighted by atomic mass is 10.0. The molecule has 2 rings (SSSR count). The zero-order valence-electron chi connectivity index (χ0n) is 12.8. The van der Waals surface area contributed by atoms with Crippen LogP contribution in [0.4, 0.5) is 5.69 Å². The number of carbonyl (C=O) groups excluding carboxylic acids is 2. The minimum atomic E-state index is -0.945. The van der Waals surface area contributed by atoms with E-state index in [2.05, 4.69) is 0 Å². The lowest BCUT2D eigenvalue weighted by molar-refractivity contribution is -0.142. The van der Waals surface area contributed by atoms with Gasteiger partial charge in [-0.05, 0) is 18.1 Å². The fourth-order valence-corrected chi connectivity index (χ4v) is 2.52. The maximum Gasteiger partial charge on any atom is 0.308 e. The molecule has 0 bridgehead atoms. The Balaban J connectivity index is 2.08. The monoisotopic (exact) mass is 304 g/mol. The molecule has 2 amide bonds. The Hall–Kier alpha value is -2.37. The second kappa shape index (κ2) is 6.60. The van der Waals surface area contributed by atoms with Crippen molar-refractivity contribution < 1.29 is 19.5 Å². The fourth-order valence-electron chi connectivity index (χ4n) is 2.52. The molecule has 0 fully saturated rings. The van der Waals surface area contributed by atoms with Crippen molar-refractivity contribution in [1.82, 2.24) is 4.90 Å². The Morgan fingerprint density at radius 2 is 2.00 bits per heavy atom. The first-order chi connectivity index (χ1) is 10.4. The van der Waals surface area contributed by atoms with E-state index in [0.29, 0.717) is 12.8 Å². The minimum absolute atomic E-state index is 0.0569. The average molecular weight is 304 g/mol. The molecule has 0 aromatic heterocycles. The number of carbonyl (C=O) groups is 3. The first kappa shape index (κ1) is 16.0. The SMILES string of the molecule is CC(CN(C)C(=O)CN1C(=O)CCc2ccccc21)C(=O)O.